The van der Waals surface area contributed by atoms with Crippen molar-refractivity contribution >= 4 is 11.8 Å². The van der Waals surface area contributed by atoms with Crippen molar-refractivity contribution in [2.75, 3.05) is 5.73 Å². The van der Waals surface area contributed by atoms with E-state index in [9.17, 15) is 9.90 Å². The van der Waals surface area contributed by atoms with Gasteiger partial charge < -0.3 is 21.6 Å². The largest absolute Gasteiger partial charge is 0.478 e. The van der Waals surface area contributed by atoms with E-state index in [-0.39, 0.29) is 6.04 Å². The van der Waals surface area contributed by atoms with Crippen molar-refractivity contribution in [3.63, 3.8) is 0 Å². The highest BCUT2D eigenvalue weighted by Gasteiger charge is 2.34. The maximum absolute atomic E-state index is 12.1. The molecule has 0 aliphatic heterocycles. The Balaban J connectivity index is 1.63. The van der Waals surface area contributed by atoms with E-state index < -0.39 is 5.97 Å². The number of anilines is 1. The lowest BCUT2D eigenvalue weighted by atomic mass is 9.78. The predicted molar refractivity (Wildman–Crippen MR) is 110 cm³/mol. The number of aromatic amines is 1. The summed E-state index contributed by atoms with van der Waals surface area (Å²) in [6.07, 6.45) is 8.26. The number of pyridine rings is 2. The minimum Gasteiger partial charge on any atom is -0.478 e. The second-order valence-corrected chi connectivity index (χ2v) is 7.99. The Bertz CT molecular complexity index is 1100. The molecule has 2 aliphatic carbocycles. The molecule has 3 aromatic rings. The van der Waals surface area contributed by atoms with E-state index in [4.69, 9.17) is 11.5 Å². The summed E-state index contributed by atoms with van der Waals surface area (Å²) in [5.41, 5.74) is 18.6. The predicted octanol–water partition coefficient (Wildman–Crippen LogP) is 3.32. The average Bonchev–Trinajstić information content (AvgIpc) is 3.07. The molecular weight excluding hydrogens is 366 g/mol. The Morgan fingerprint density at radius 2 is 2.03 bits per heavy atom. The van der Waals surface area contributed by atoms with Crippen LogP contribution in [-0.4, -0.2) is 26.0 Å². The van der Waals surface area contributed by atoms with E-state index >= 15 is 0 Å². The first-order valence-corrected chi connectivity index (χ1v) is 9.97. The summed E-state index contributed by atoms with van der Waals surface area (Å²) in [6, 6.07) is 5.36. The zero-order chi connectivity index (χ0) is 20.1. The van der Waals surface area contributed by atoms with E-state index in [1.165, 1.54) is 0 Å². The molecule has 148 valence electrons. The highest BCUT2D eigenvalue weighted by molar-refractivity contribution is 5.95. The van der Waals surface area contributed by atoms with Gasteiger partial charge in [0.25, 0.3) is 0 Å². The van der Waals surface area contributed by atoms with Crippen molar-refractivity contribution in [1.29, 1.82) is 0 Å². The van der Waals surface area contributed by atoms with Crippen molar-refractivity contribution in [2.45, 2.75) is 38.1 Å². The summed E-state index contributed by atoms with van der Waals surface area (Å²) >= 11 is 0. The second kappa shape index (κ2) is 6.70. The number of carbonyl (C=O) groups is 1. The summed E-state index contributed by atoms with van der Waals surface area (Å²) in [4.78, 5) is 24.2. The van der Waals surface area contributed by atoms with E-state index in [0.717, 1.165) is 59.3 Å². The Labute approximate surface area is 168 Å². The van der Waals surface area contributed by atoms with Gasteiger partial charge in [-0.05, 0) is 60.9 Å². The molecule has 6 N–H and O–H groups in total. The minimum atomic E-state index is -0.910. The summed E-state index contributed by atoms with van der Waals surface area (Å²) in [7, 11) is 0. The fourth-order valence-corrected chi connectivity index (χ4v) is 4.46. The third-order valence-corrected chi connectivity index (χ3v) is 6.32. The molecule has 0 aromatic carbocycles. The van der Waals surface area contributed by atoms with E-state index in [1.54, 1.807) is 12.3 Å². The van der Waals surface area contributed by atoms with E-state index in [0.29, 0.717) is 29.4 Å². The van der Waals surface area contributed by atoms with Gasteiger partial charge in [-0.1, -0.05) is 6.42 Å². The van der Waals surface area contributed by atoms with Crippen LogP contribution in [-0.2, 0) is 12.8 Å². The normalized spacial score (nSPS) is 16.6. The van der Waals surface area contributed by atoms with Gasteiger partial charge in [-0.3, -0.25) is 4.98 Å². The molecule has 0 radical (unpaired) electrons. The van der Waals surface area contributed by atoms with E-state index in [1.807, 2.05) is 18.3 Å². The van der Waals surface area contributed by atoms with Crippen LogP contribution >= 0.6 is 0 Å². The highest BCUT2D eigenvalue weighted by Crippen LogP contribution is 2.42. The first-order valence-electron chi connectivity index (χ1n) is 9.97. The van der Waals surface area contributed by atoms with Gasteiger partial charge in [0.1, 0.15) is 5.82 Å². The molecular formula is C22H23N5O2. The summed E-state index contributed by atoms with van der Waals surface area (Å²) < 4.78 is 0. The van der Waals surface area contributed by atoms with Gasteiger partial charge in [0.2, 0.25) is 0 Å². The lowest BCUT2D eigenvalue weighted by Gasteiger charge is -2.31. The number of nitrogens with zero attached hydrogens (tertiary/aromatic N) is 2. The van der Waals surface area contributed by atoms with Gasteiger partial charge in [-0.2, -0.15) is 0 Å². The van der Waals surface area contributed by atoms with Crippen LogP contribution in [0.25, 0.3) is 22.5 Å². The number of H-pyrrole nitrogens is 1. The smallest absolute Gasteiger partial charge is 0.337 e. The Morgan fingerprint density at radius 1 is 1.21 bits per heavy atom. The van der Waals surface area contributed by atoms with Crippen molar-refractivity contribution in [3.8, 4) is 22.5 Å². The standard InChI is InChI=1S/C22H23N5O2/c23-17-7-5-13(10-26-17)16-8-15-12(9-25-16)4-6-14-18(22(28)29)21(27-20(14)15)19(24)11-2-1-3-11/h5,7-11,19,27H,1-4,6,24H2,(H2,23,26)(H,28,29). The number of carboxylic acid groups (broad SMARTS) is 1. The zero-order valence-corrected chi connectivity index (χ0v) is 16.0. The van der Waals surface area contributed by atoms with Crippen molar-refractivity contribution < 1.29 is 9.90 Å². The summed E-state index contributed by atoms with van der Waals surface area (Å²) in [6.45, 7) is 0. The first kappa shape index (κ1) is 17.9. The molecule has 29 heavy (non-hydrogen) atoms. The van der Waals surface area contributed by atoms with Gasteiger partial charge >= 0.3 is 5.97 Å². The highest BCUT2D eigenvalue weighted by atomic mass is 16.4. The number of aromatic nitrogens is 3. The van der Waals surface area contributed by atoms with E-state index in [2.05, 4.69) is 15.0 Å². The molecule has 0 bridgehead atoms. The molecule has 1 atom stereocenters. The maximum Gasteiger partial charge on any atom is 0.337 e. The van der Waals surface area contributed by atoms with Gasteiger partial charge in [-0.15, -0.1) is 0 Å². The number of carboxylic acids is 1. The van der Waals surface area contributed by atoms with Crippen molar-refractivity contribution in [1.82, 2.24) is 15.0 Å². The van der Waals surface area contributed by atoms with Crippen LogP contribution in [0.4, 0.5) is 5.82 Å². The molecule has 5 rings (SSSR count). The zero-order valence-electron chi connectivity index (χ0n) is 16.0. The number of fused-ring (bicyclic) bond motifs is 3. The number of nitrogens with two attached hydrogens (primary N) is 2. The summed E-state index contributed by atoms with van der Waals surface area (Å²) in [5, 5.41) is 9.93. The number of hydrogen-bond donors (Lipinski definition) is 4. The lowest BCUT2D eigenvalue weighted by Crippen LogP contribution is -2.28. The molecule has 1 saturated carbocycles. The fraction of sp³-hybridized carbons (Fsp3) is 0.318. The third-order valence-electron chi connectivity index (χ3n) is 6.32. The molecule has 7 nitrogen and oxygen atoms in total. The topological polar surface area (TPSA) is 131 Å². The number of aryl methyl sites for hydroxylation is 1. The number of nitrogen functional groups attached to an aromatic ring is 1. The Hall–Kier alpha value is -3.19. The first-order chi connectivity index (χ1) is 14.0. The van der Waals surface area contributed by atoms with Crippen LogP contribution in [0.1, 0.15) is 52.5 Å². The maximum atomic E-state index is 12.1. The van der Waals surface area contributed by atoms with Gasteiger partial charge in [0.15, 0.2) is 0 Å². The quantitative estimate of drug-likeness (QED) is 0.541. The molecule has 3 heterocycles. The van der Waals surface area contributed by atoms with Crippen LogP contribution in [0, 0.1) is 5.92 Å². The SMILES string of the molecule is Nc1ccc(-c2cc3c(cn2)CCc2c-3[nH]c(C(N)C3CCC3)c2C(=O)O)cn1. The number of nitrogens with one attached hydrogen (secondary N) is 1. The molecule has 7 heteroatoms. The third kappa shape index (κ3) is 2.89. The molecule has 3 aromatic heterocycles. The Kier molecular flexibility index (Phi) is 4.13. The van der Waals surface area contributed by atoms with Gasteiger partial charge in [0, 0.05) is 35.3 Å². The van der Waals surface area contributed by atoms with Crippen LogP contribution in [0.2, 0.25) is 0 Å². The molecule has 0 saturated heterocycles. The lowest BCUT2D eigenvalue weighted by molar-refractivity contribution is 0.0693. The fourth-order valence-electron chi connectivity index (χ4n) is 4.46. The Morgan fingerprint density at radius 3 is 2.69 bits per heavy atom. The molecule has 0 amide bonds. The van der Waals surface area contributed by atoms with Gasteiger partial charge in [-0.25, -0.2) is 9.78 Å². The molecule has 0 spiro atoms. The minimum absolute atomic E-state index is 0.272. The summed E-state index contributed by atoms with van der Waals surface area (Å²) in [5.74, 6) is -0.103. The van der Waals surface area contributed by atoms with Crippen LogP contribution in [0.15, 0.2) is 30.6 Å². The van der Waals surface area contributed by atoms with Crippen LogP contribution in [0.3, 0.4) is 0 Å². The molecule has 1 fully saturated rings. The van der Waals surface area contributed by atoms with Crippen molar-refractivity contribution in [2.24, 2.45) is 11.7 Å². The van der Waals surface area contributed by atoms with Crippen LogP contribution < -0.4 is 11.5 Å². The monoisotopic (exact) mass is 389 g/mol. The number of aromatic carboxylic acids is 1. The number of hydrogen-bond acceptors (Lipinski definition) is 5. The van der Waals surface area contributed by atoms with Crippen molar-refractivity contribution in [3.05, 3.63) is 53.0 Å². The van der Waals surface area contributed by atoms with Gasteiger partial charge in [0.05, 0.1) is 17.0 Å². The molecule has 1 unspecified atom stereocenters. The van der Waals surface area contributed by atoms with Crippen LogP contribution in [0.5, 0.6) is 0 Å². The molecule has 2 aliphatic rings. The number of rotatable bonds is 4. The average molecular weight is 389 g/mol. The second-order valence-electron chi connectivity index (χ2n) is 7.99.